The highest BCUT2D eigenvalue weighted by Crippen LogP contribution is 2.21. The minimum absolute atomic E-state index is 0. The van der Waals surface area contributed by atoms with Gasteiger partial charge in [-0.3, -0.25) is 4.90 Å². The van der Waals surface area contributed by atoms with Crippen LogP contribution in [0.2, 0.25) is 0 Å². The zero-order chi connectivity index (χ0) is 20.7. The molecule has 2 fully saturated rings. The van der Waals surface area contributed by atoms with Crippen LogP contribution in [-0.4, -0.2) is 73.9 Å². The van der Waals surface area contributed by atoms with Gasteiger partial charge in [-0.1, -0.05) is 12.1 Å². The minimum Gasteiger partial charge on any atom is -0.370 e. The molecule has 3 rings (SSSR count). The fraction of sp³-hybridized carbons (Fsp3) is 0.650. The molecule has 0 spiro atoms. The van der Waals surface area contributed by atoms with Gasteiger partial charge in [0.05, 0.1) is 13.1 Å². The number of rotatable bonds is 6. The van der Waals surface area contributed by atoms with Gasteiger partial charge >= 0.3 is 6.18 Å². The summed E-state index contributed by atoms with van der Waals surface area (Å²) in [5.41, 5.74) is 2.36. The van der Waals surface area contributed by atoms with Crippen molar-refractivity contribution in [1.29, 1.82) is 0 Å². The molecule has 0 aliphatic carbocycles. The lowest BCUT2D eigenvalue weighted by molar-refractivity contribution is -0.143. The number of hydrogen-bond donors (Lipinski definition) is 2. The number of guanidine groups is 1. The highest BCUT2D eigenvalue weighted by Gasteiger charge is 2.34. The Bertz CT molecular complexity index is 665. The number of nitrogens with zero attached hydrogens (tertiary/aromatic N) is 3. The van der Waals surface area contributed by atoms with Gasteiger partial charge in [0.25, 0.3) is 0 Å². The Balaban J connectivity index is 0.00000320. The van der Waals surface area contributed by atoms with Crippen molar-refractivity contribution in [1.82, 2.24) is 15.5 Å². The van der Waals surface area contributed by atoms with Crippen molar-refractivity contribution in [3.05, 3.63) is 29.8 Å². The van der Waals surface area contributed by atoms with Crippen LogP contribution in [0.1, 0.15) is 18.9 Å². The number of halogens is 4. The van der Waals surface area contributed by atoms with Gasteiger partial charge in [-0.05, 0) is 31.0 Å². The molecule has 1 aromatic rings. The van der Waals surface area contributed by atoms with E-state index in [2.05, 4.69) is 44.8 Å². The standard InChI is InChI=1S/C20H30F3N5S.HI/c1-2-24-19(26-17-7-8-27(14-17)15-20(21,22)23)25-13-16-3-5-18(6-4-16)28-9-11-29-12-10-28;/h3-6,17H,2,7-15H2,1H3,(H2,24,25,26);1H. The van der Waals surface area contributed by atoms with E-state index in [1.165, 1.54) is 22.1 Å². The number of anilines is 1. The summed E-state index contributed by atoms with van der Waals surface area (Å²) in [7, 11) is 0. The molecular weight excluding hydrogens is 526 g/mol. The van der Waals surface area contributed by atoms with E-state index >= 15 is 0 Å². The first-order valence-corrected chi connectivity index (χ1v) is 11.3. The van der Waals surface area contributed by atoms with E-state index in [-0.39, 0.29) is 30.0 Å². The first-order valence-electron chi connectivity index (χ1n) is 10.2. The number of aliphatic imine (C=N–C) groups is 1. The monoisotopic (exact) mass is 557 g/mol. The lowest BCUT2D eigenvalue weighted by atomic mass is 10.2. The maximum Gasteiger partial charge on any atom is 0.401 e. The Morgan fingerprint density at radius 2 is 1.87 bits per heavy atom. The normalized spacial score (nSPS) is 20.7. The molecule has 5 nitrogen and oxygen atoms in total. The molecule has 0 bridgehead atoms. The molecule has 2 aliphatic rings. The van der Waals surface area contributed by atoms with E-state index in [0.29, 0.717) is 38.6 Å². The Kier molecular flexibility index (Phi) is 10.3. The fourth-order valence-corrected chi connectivity index (χ4v) is 4.57. The molecular formula is C20H31F3IN5S. The molecule has 1 unspecified atom stereocenters. The average Bonchev–Trinajstić information content (AvgIpc) is 3.12. The van der Waals surface area contributed by atoms with Crippen molar-refractivity contribution in [2.24, 2.45) is 4.99 Å². The maximum atomic E-state index is 12.6. The van der Waals surface area contributed by atoms with Crippen LogP contribution in [-0.2, 0) is 6.54 Å². The minimum atomic E-state index is -4.15. The predicted molar refractivity (Wildman–Crippen MR) is 130 cm³/mol. The molecule has 0 radical (unpaired) electrons. The van der Waals surface area contributed by atoms with Crippen molar-refractivity contribution in [3.8, 4) is 0 Å². The first kappa shape index (κ1) is 25.4. The highest BCUT2D eigenvalue weighted by atomic mass is 127. The van der Waals surface area contributed by atoms with Crippen LogP contribution in [0, 0.1) is 0 Å². The van der Waals surface area contributed by atoms with Crippen LogP contribution in [0.5, 0.6) is 0 Å². The van der Waals surface area contributed by atoms with E-state index in [1.54, 1.807) is 0 Å². The van der Waals surface area contributed by atoms with Crippen molar-refractivity contribution < 1.29 is 13.2 Å². The topological polar surface area (TPSA) is 42.9 Å². The van der Waals surface area contributed by atoms with Crippen LogP contribution >= 0.6 is 35.7 Å². The lowest BCUT2D eigenvalue weighted by Crippen LogP contribution is -2.45. The van der Waals surface area contributed by atoms with Crippen molar-refractivity contribution >= 4 is 47.4 Å². The summed E-state index contributed by atoms with van der Waals surface area (Å²) in [6, 6.07) is 8.48. The number of benzene rings is 1. The molecule has 170 valence electrons. The van der Waals surface area contributed by atoms with Gasteiger partial charge in [-0.25, -0.2) is 4.99 Å². The van der Waals surface area contributed by atoms with E-state index in [0.717, 1.165) is 18.7 Å². The second kappa shape index (κ2) is 12.2. The third kappa shape index (κ3) is 8.33. The van der Waals surface area contributed by atoms with E-state index in [1.807, 2.05) is 18.7 Å². The molecule has 1 aromatic carbocycles. The van der Waals surface area contributed by atoms with Gasteiger partial charge in [-0.15, -0.1) is 24.0 Å². The van der Waals surface area contributed by atoms with Crippen LogP contribution in [0.15, 0.2) is 29.3 Å². The summed E-state index contributed by atoms with van der Waals surface area (Å²) in [5, 5.41) is 6.48. The molecule has 0 amide bonds. The van der Waals surface area contributed by atoms with Crippen LogP contribution in [0.4, 0.5) is 18.9 Å². The predicted octanol–water partition coefficient (Wildman–Crippen LogP) is 3.55. The largest absolute Gasteiger partial charge is 0.401 e. The highest BCUT2D eigenvalue weighted by molar-refractivity contribution is 14.0. The van der Waals surface area contributed by atoms with E-state index < -0.39 is 12.7 Å². The van der Waals surface area contributed by atoms with Gasteiger partial charge in [0.15, 0.2) is 5.96 Å². The number of nitrogens with one attached hydrogen (secondary N) is 2. The van der Waals surface area contributed by atoms with Crippen molar-refractivity contribution in [2.45, 2.75) is 32.1 Å². The Labute approximate surface area is 198 Å². The van der Waals surface area contributed by atoms with Gasteiger partial charge in [0, 0.05) is 56.0 Å². The van der Waals surface area contributed by atoms with E-state index in [4.69, 9.17) is 0 Å². The smallest absolute Gasteiger partial charge is 0.370 e. The molecule has 30 heavy (non-hydrogen) atoms. The zero-order valence-electron chi connectivity index (χ0n) is 17.2. The summed E-state index contributed by atoms with van der Waals surface area (Å²) in [5.74, 6) is 3.00. The average molecular weight is 557 g/mol. The molecule has 10 heteroatoms. The molecule has 2 N–H and O–H groups in total. The third-order valence-electron chi connectivity index (χ3n) is 5.09. The Morgan fingerprint density at radius 3 is 2.50 bits per heavy atom. The number of likely N-dealkylation sites (tertiary alicyclic amines) is 1. The first-order chi connectivity index (χ1) is 13.9. The van der Waals surface area contributed by atoms with Crippen LogP contribution < -0.4 is 15.5 Å². The van der Waals surface area contributed by atoms with Gasteiger partial charge in [-0.2, -0.15) is 24.9 Å². The second-order valence-electron chi connectivity index (χ2n) is 7.44. The van der Waals surface area contributed by atoms with Gasteiger partial charge in [0.2, 0.25) is 0 Å². The zero-order valence-corrected chi connectivity index (χ0v) is 20.4. The van der Waals surface area contributed by atoms with Crippen molar-refractivity contribution in [3.63, 3.8) is 0 Å². The summed E-state index contributed by atoms with van der Waals surface area (Å²) in [6.45, 7) is 5.38. The summed E-state index contributed by atoms with van der Waals surface area (Å²) >= 11 is 2.00. The lowest BCUT2D eigenvalue weighted by Gasteiger charge is -2.28. The van der Waals surface area contributed by atoms with Crippen LogP contribution in [0.3, 0.4) is 0 Å². The molecule has 0 saturated carbocycles. The van der Waals surface area contributed by atoms with Gasteiger partial charge in [0.1, 0.15) is 0 Å². The third-order valence-corrected chi connectivity index (χ3v) is 6.04. The van der Waals surface area contributed by atoms with Gasteiger partial charge < -0.3 is 15.5 Å². The summed E-state index contributed by atoms with van der Waals surface area (Å²) < 4.78 is 37.7. The maximum absolute atomic E-state index is 12.6. The molecule has 0 aromatic heterocycles. The SMILES string of the molecule is CCNC(=NCc1ccc(N2CCSCC2)cc1)NC1CCN(CC(F)(F)F)C1.I. The number of hydrogen-bond acceptors (Lipinski definition) is 4. The van der Waals surface area contributed by atoms with E-state index in [9.17, 15) is 13.2 Å². The Hall–Kier alpha value is -0.880. The molecule has 2 heterocycles. The molecule has 2 saturated heterocycles. The second-order valence-corrected chi connectivity index (χ2v) is 8.67. The number of alkyl halides is 3. The molecule has 2 aliphatic heterocycles. The quantitative estimate of drug-likeness (QED) is 0.319. The van der Waals surface area contributed by atoms with Crippen LogP contribution in [0.25, 0.3) is 0 Å². The molecule has 1 atom stereocenters. The summed E-state index contributed by atoms with van der Waals surface area (Å²) in [6.07, 6.45) is -3.46. The van der Waals surface area contributed by atoms with Crippen molar-refractivity contribution in [2.75, 3.05) is 55.7 Å². The Morgan fingerprint density at radius 1 is 1.17 bits per heavy atom. The summed E-state index contributed by atoms with van der Waals surface area (Å²) in [4.78, 5) is 8.47. The number of thioether (sulfide) groups is 1. The fourth-order valence-electron chi connectivity index (χ4n) is 3.67.